The van der Waals surface area contributed by atoms with E-state index >= 15 is 0 Å². The van der Waals surface area contributed by atoms with Gasteiger partial charge in [-0.1, -0.05) is 12.1 Å². The third-order valence-electron chi connectivity index (χ3n) is 2.24. The molecular formula is C13H18O4S. The number of carboxylic acids is 1. The third-order valence-corrected chi connectivity index (χ3v) is 3.27. The quantitative estimate of drug-likeness (QED) is 0.699. The van der Waals surface area contributed by atoms with Gasteiger partial charge in [-0.2, -0.15) is 11.8 Å². The van der Waals surface area contributed by atoms with Gasteiger partial charge < -0.3 is 14.6 Å². The predicted octanol–water partition coefficient (Wildman–Crippen LogP) is 2.53. The molecule has 0 aliphatic carbocycles. The Morgan fingerprint density at radius 1 is 1.28 bits per heavy atom. The molecule has 0 spiro atoms. The molecule has 1 N–H and O–H groups in total. The highest BCUT2D eigenvalue weighted by molar-refractivity contribution is 7.99. The largest absolute Gasteiger partial charge is 0.492 e. The summed E-state index contributed by atoms with van der Waals surface area (Å²) in [5.74, 6) is 1.34. The third kappa shape index (κ3) is 5.42. The lowest BCUT2D eigenvalue weighted by Gasteiger charge is -2.08. The smallest absolute Gasteiger partial charge is 0.339 e. The van der Waals surface area contributed by atoms with E-state index in [0.29, 0.717) is 12.4 Å². The molecule has 0 bridgehead atoms. The fourth-order valence-electron chi connectivity index (χ4n) is 1.39. The zero-order valence-electron chi connectivity index (χ0n) is 10.4. The van der Waals surface area contributed by atoms with Gasteiger partial charge in [0.25, 0.3) is 0 Å². The van der Waals surface area contributed by atoms with Crippen molar-refractivity contribution in [1.29, 1.82) is 0 Å². The van der Waals surface area contributed by atoms with E-state index in [1.54, 1.807) is 43.1 Å². The van der Waals surface area contributed by atoms with E-state index in [-0.39, 0.29) is 5.56 Å². The molecule has 0 heterocycles. The molecule has 0 saturated heterocycles. The lowest BCUT2D eigenvalue weighted by atomic mass is 10.2. The summed E-state index contributed by atoms with van der Waals surface area (Å²) in [6.07, 6.45) is 1.02. The van der Waals surface area contributed by atoms with Crippen LogP contribution in [-0.4, -0.2) is 42.9 Å². The van der Waals surface area contributed by atoms with Crippen LogP contribution in [0, 0.1) is 0 Å². The minimum Gasteiger partial charge on any atom is -0.492 e. The minimum atomic E-state index is -0.960. The molecule has 1 rings (SSSR count). The van der Waals surface area contributed by atoms with E-state index in [2.05, 4.69) is 0 Å². The first-order valence-corrected chi connectivity index (χ1v) is 6.93. The van der Waals surface area contributed by atoms with Gasteiger partial charge in [-0.15, -0.1) is 0 Å². The first-order chi connectivity index (χ1) is 8.75. The SMILES string of the molecule is COCCCSCCOc1ccccc1C(=O)O. The van der Waals surface area contributed by atoms with Crippen molar-refractivity contribution in [1.82, 2.24) is 0 Å². The standard InChI is InChI=1S/C13H18O4S/c1-16-7-4-9-18-10-8-17-12-6-3-2-5-11(12)13(14)15/h2-3,5-6H,4,7-10H2,1H3,(H,14,15). The zero-order valence-corrected chi connectivity index (χ0v) is 11.2. The second kappa shape index (κ2) is 8.83. The van der Waals surface area contributed by atoms with Crippen LogP contribution in [0.1, 0.15) is 16.8 Å². The summed E-state index contributed by atoms with van der Waals surface area (Å²) in [7, 11) is 1.69. The summed E-state index contributed by atoms with van der Waals surface area (Å²) in [6.45, 7) is 1.29. The maximum absolute atomic E-state index is 10.9. The van der Waals surface area contributed by atoms with Gasteiger partial charge in [0, 0.05) is 19.5 Å². The van der Waals surface area contributed by atoms with Gasteiger partial charge in [0.2, 0.25) is 0 Å². The molecule has 0 radical (unpaired) electrons. The Balaban J connectivity index is 2.25. The molecule has 5 heteroatoms. The number of rotatable bonds is 9. The van der Waals surface area contributed by atoms with E-state index < -0.39 is 5.97 Å². The number of benzene rings is 1. The zero-order chi connectivity index (χ0) is 13.2. The van der Waals surface area contributed by atoms with Crippen molar-refractivity contribution < 1.29 is 19.4 Å². The molecule has 1 aromatic carbocycles. The second-order valence-electron chi connectivity index (χ2n) is 3.61. The van der Waals surface area contributed by atoms with Crippen molar-refractivity contribution in [3.8, 4) is 5.75 Å². The van der Waals surface area contributed by atoms with Crippen LogP contribution in [0.4, 0.5) is 0 Å². The molecule has 0 saturated carbocycles. The molecule has 0 aliphatic rings. The number of para-hydroxylation sites is 1. The van der Waals surface area contributed by atoms with Crippen molar-refractivity contribution in [2.45, 2.75) is 6.42 Å². The van der Waals surface area contributed by atoms with Gasteiger partial charge in [-0.25, -0.2) is 4.79 Å². The van der Waals surface area contributed by atoms with Crippen LogP contribution in [0.2, 0.25) is 0 Å². The monoisotopic (exact) mass is 270 g/mol. The topological polar surface area (TPSA) is 55.8 Å². The van der Waals surface area contributed by atoms with Crippen molar-refractivity contribution in [3.63, 3.8) is 0 Å². The maximum atomic E-state index is 10.9. The van der Waals surface area contributed by atoms with E-state index in [1.807, 2.05) is 0 Å². The Kier molecular flexibility index (Phi) is 7.29. The first kappa shape index (κ1) is 14.9. The molecule has 100 valence electrons. The van der Waals surface area contributed by atoms with Gasteiger partial charge in [0.1, 0.15) is 11.3 Å². The Labute approximate surface area is 111 Å². The maximum Gasteiger partial charge on any atom is 0.339 e. The number of methoxy groups -OCH3 is 1. The fraction of sp³-hybridized carbons (Fsp3) is 0.462. The number of hydrogen-bond donors (Lipinski definition) is 1. The molecule has 0 atom stereocenters. The van der Waals surface area contributed by atoms with Crippen LogP contribution < -0.4 is 4.74 Å². The molecule has 0 amide bonds. The molecule has 4 nitrogen and oxygen atoms in total. The van der Waals surface area contributed by atoms with Gasteiger partial charge in [0.15, 0.2) is 0 Å². The second-order valence-corrected chi connectivity index (χ2v) is 4.83. The van der Waals surface area contributed by atoms with E-state index in [4.69, 9.17) is 14.6 Å². The summed E-state index contributed by atoms with van der Waals surface area (Å²) < 4.78 is 10.4. The summed E-state index contributed by atoms with van der Waals surface area (Å²) in [6, 6.07) is 6.69. The minimum absolute atomic E-state index is 0.210. The highest BCUT2D eigenvalue weighted by Gasteiger charge is 2.09. The summed E-state index contributed by atoms with van der Waals surface area (Å²) in [5, 5.41) is 8.97. The average molecular weight is 270 g/mol. The molecule has 18 heavy (non-hydrogen) atoms. The van der Waals surface area contributed by atoms with Crippen LogP contribution in [0.3, 0.4) is 0 Å². The van der Waals surface area contributed by atoms with E-state index in [1.165, 1.54) is 0 Å². The fourth-order valence-corrected chi connectivity index (χ4v) is 2.11. The van der Waals surface area contributed by atoms with Crippen molar-refractivity contribution in [2.75, 3.05) is 31.8 Å². The molecule has 1 aromatic rings. The lowest BCUT2D eigenvalue weighted by Crippen LogP contribution is -2.06. The Bertz CT molecular complexity index is 368. The Morgan fingerprint density at radius 2 is 2.06 bits per heavy atom. The summed E-state index contributed by atoms with van der Waals surface area (Å²) in [4.78, 5) is 10.9. The highest BCUT2D eigenvalue weighted by Crippen LogP contribution is 2.18. The van der Waals surface area contributed by atoms with E-state index in [0.717, 1.165) is 24.5 Å². The number of carbonyl (C=O) groups is 1. The van der Waals surface area contributed by atoms with Crippen LogP contribution in [0.15, 0.2) is 24.3 Å². The van der Waals surface area contributed by atoms with Crippen LogP contribution in [0.5, 0.6) is 5.75 Å². The van der Waals surface area contributed by atoms with E-state index in [9.17, 15) is 4.79 Å². The molecular weight excluding hydrogens is 252 g/mol. The van der Waals surface area contributed by atoms with Crippen molar-refractivity contribution >= 4 is 17.7 Å². The number of hydrogen-bond acceptors (Lipinski definition) is 4. The molecule has 0 unspecified atom stereocenters. The molecule has 0 aromatic heterocycles. The molecule has 0 aliphatic heterocycles. The predicted molar refractivity (Wildman–Crippen MR) is 72.7 cm³/mol. The van der Waals surface area contributed by atoms with Gasteiger partial charge in [0.05, 0.1) is 6.61 Å². The average Bonchev–Trinajstić information content (AvgIpc) is 2.38. The molecule has 0 fully saturated rings. The Hall–Kier alpha value is -1.20. The highest BCUT2D eigenvalue weighted by atomic mass is 32.2. The van der Waals surface area contributed by atoms with Crippen LogP contribution >= 0.6 is 11.8 Å². The summed E-state index contributed by atoms with van der Waals surface area (Å²) >= 11 is 1.77. The number of carboxylic acid groups (broad SMARTS) is 1. The normalized spacial score (nSPS) is 10.3. The van der Waals surface area contributed by atoms with Gasteiger partial charge in [-0.05, 0) is 24.3 Å². The first-order valence-electron chi connectivity index (χ1n) is 5.77. The Morgan fingerprint density at radius 3 is 2.78 bits per heavy atom. The number of ether oxygens (including phenoxy) is 2. The summed E-state index contributed by atoms with van der Waals surface area (Å²) in [5.41, 5.74) is 0.210. The van der Waals surface area contributed by atoms with Gasteiger partial charge in [-0.3, -0.25) is 0 Å². The number of aromatic carboxylic acids is 1. The lowest BCUT2D eigenvalue weighted by molar-refractivity contribution is 0.0692. The van der Waals surface area contributed by atoms with Crippen LogP contribution in [-0.2, 0) is 4.74 Å². The van der Waals surface area contributed by atoms with Crippen LogP contribution in [0.25, 0.3) is 0 Å². The number of thioether (sulfide) groups is 1. The van der Waals surface area contributed by atoms with Gasteiger partial charge >= 0.3 is 5.97 Å². The van der Waals surface area contributed by atoms with Crippen molar-refractivity contribution in [2.24, 2.45) is 0 Å². The van der Waals surface area contributed by atoms with Crippen molar-refractivity contribution in [3.05, 3.63) is 29.8 Å².